The number of carbonyl (C=O) groups is 2. The molecule has 1 aliphatic carbocycles. The minimum absolute atomic E-state index is 0.156. The molecule has 0 unspecified atom stereocenters. The molecule has 0 aromatic heterocycles. The summed E-state index contributed by atoms with van der Waals surface area (Å²) in [6.07, 6.45) is 0. The molecule has 4 rings (SSSR count). The number of ketones is 2. The number of ether oxygens (including phenoxy) is 1. The molecule has 0 aliphatic heterocycles. The third-order valence-corrected chi connectivity index (χ3v) is 4.61. The zero-order valence-corrected chi connectivity index (χ0v) is 14.6. The van der Waals surface area contributed by atoms with Crippen molar-refractivity contribution in [1.82, 2.24) is 0 Å². The van der Waals surface area contributed by atoms with E-state index in [4.69, 9.17) is 16.2 Å². The Balaban J connectivity index is 1.94. The molecule has 134 valence electrons. The van der Waals surface area contributed by atoms with Crippen molar-refractivity contribution in [3.05, 3.63) is 76.9 Å². The number of fused-ring (bicyclic) bond motifs is 2. The molecule has 0 heterocycles. The lowest BCUT2D eigenvalue weighted by Gasteiger charge is -2.23. The summed E-state index contributed by atoms with van der Waals surface area (Å²) in [4.78, 5) is 26.2. The number of hydrogen-bond donors (Lipinski definition) is 3. The van der Waals surface area contributed by atoms with Gasteiger partial charge in [-0.05, 0) is 24.3 Å². The van der Waals surface area contributed by atoms with Gasteiger partial charge in [-0.25, -0.2) is 0 Å². The minimum Gasteiger partial charge on any atom is -0.494 e. The van der Waals surface area contributed by atoms with E-state index in [0.29, 0.717) is 28.3 Å². The van der Waals surface area contributed by atoms with E-state index in [9.17, 15) is 9.59 Å². The molecule has 0 fully saturated rings. The number of nitrogen functional groups attached to an aromatic ring is 2. The predicted molar refractivity (Wildman–Crippen MR) is 105 cm³/mol. The van der Waals surface area contributed by atoms with E-state index in [1.165, 1.54) is 7.11 Å². The Hall–Kier alpha value is -3.80. The van der Waals surface area contributed by atoms with Crippen molar-refractivity contribution in [1.29, 1.82) is 0 Å². The maximum Gasteiger partial charge on any atom is 0.196 e. The third kappa shape index (κ3) is 2.58. The summed E-state index contributed by atoms with van der Waals surface area (Å²) in [6.45, 7) is 0. The van der Waals surface area contributed by atoms with E-state index in [0.717, 1.165) is 5.69 Å². The van der Waals surface area contributed by atoms with Crippen LogP contribution < -0.4 is 21.5 Å². The van der Waals surface area contributed by atoms with Crippen molar-refractivity contribution in [2.45, 2.75) is 0 Å². The van der Waals surface area contributed by atoms with Gasteiger partial charge in [0, 0.05) is 28.6 Å². The van der Waals surface area contributed by atoms with Crippen molar-refractivity contribution in [3.8, 4) is 5.75 Å². The SMILES string of the molecule is COc1cc(Nc2ccc(N)cc2)c2c(c1N)C(=O)c1ccccc1C2=O. The second kappa shape index (κ2) is 6.17. The Morgan fingerprint density at radius 2 is 1.44 bits per heavy atom. The number of hydrogen-bond acceptors (Lipinski definition) is 6. The average Bonchev–Trinajstić information content (AvgIpc) is 2.68. The molecule has 5 N–H and O–H groups in total. The number of nitrogens with one attached hydrogen (secondary N) is 1. The van der Waals surface area contributed by atoms with Crippen LogP contribution in [0, 0.1) is 0 Å². The van der Waals surface area contributed by atoms with Gasteiger partial charge in [0.15, 0.2) is 11.6 Å². The summed E-state index contributed by atoms with van der Waals surface area (Å²) in [6, 6.07) is 15.4. The van der Waals surface area contributed by atoms with Gasteiger partial charge < -0.3 is 21.5 Å². The molecule has 0 amide bonds. The molecule has 6 nitrogen and oxygen atoms in total. The van der Waals surface area contributed by atoms with Crippen LogP contribution in [0.3, 0.4) is 0 Å². The Bertz CT molecular complexity index is 1090. The fraction of sp³-hybridized carbons (Fsp3) is 0.0476. The summed E-state index contributed by atoms with van der Waals surface area (Å²) < 4.78 is 5.33. The Labute approximate surface area is 155 Å². The maximum absolute atomic E-state index is 13.2. The molecule has 0 saturated heterocycles. The lowest BCUT2D eigenvalue weighted by molar-refractivity contribution is 0.0980. The van der Waals surface area contributed by atoms with Crippen LogP contribution in [0.15, 0.2) is 54.6 Å². The first-order chi connectivity index (χ1) is 13.0. The summed E-state index contributed by atoms with van der Waals surface area (Å²) in [7, 11) is 1.47. The first-order valence-electron chi connectivity index (χ1n) is 8.32. The van der Waals surface area contributed by atoms with Gasteiger partial charge in [-0.3, -0.25) is 9.59 Å². The van der Waals surface area contributed by atoms with E-state index in [1.54, 1.807) is 54.6 Å². The molecule has 3 aromatic carbocycles. The van der Waals surface area contributed by atoms with E-state index in [1.807, 2.05) is 0 Å². The summed E-state index contributed by atoms with van der Waals surface area (Å²) >= 11 is 0. The highest BCUT2D eigenvalue weighted by atomic mass is 16.5. The highest BCUT2D eigenvalue weighted by molar-refractivity contribution is 6.32. The zero-order valence-electron chi connectivity index (χ0n) is 14.6. The molecule has 0 radical (unpaired) electrons. The standard InChI is InChI=1S/C21H17N3O3/c1-27-16-10-15(24-12-8-6-11(22)7-9-12)17-18(19(16)23)21(26)14-5-3-2-4-13(14)20(17)25/h2-10,24H,22-23H2,1H3. The smallest absolute Gasteiger partial charge is 0.196 e. The fourth-order valence-corrected chi connectivity index (χ4v) is 3.28. The van der Waals surface area contributed by atoms with Gasteiger partial charge in [0.2, 0.25) is 0 Å². The fourth-order valence-electron chi connectivity index (χ4n) is 3.28. The molecule has 6 heteroatoms. The molecule has 3 aromatic rings. The van der Waals surface area contributed by atoms with Crippen molar-refractivity contribution >= 4 is 34.3 Å². The van der Waals surface area contributed by atoms with E-state index >= 15 is 0 Å². The zero-order chi connectivity index (χ0) is 19.1. The van der Waals surface area contributed by atoms with Gasteiger partial charge in [0.1, 0.15) is 5.75 Å². The second-order valence-electron chi connectivity index (χ2n) is 6.24. The van der Waals surface area contributed by atoms with Gasteiger partial charge in [-0.2, -0.15) is 0 Å². The lowest BCUT2D eigenvalue weighted by Crippen LogP contribution is -2.24. The Morgan fingerprint density at radius 3 is 2.04 bits per heavy atom. The van der Waals surface area contributed by atoms with Gasteiger partial charge in [-0.15, -0.1) is 0 Å². The van der Waals surface area contributed by atoms with Crippen LogP contribution in [-0.2, 0) is 0 Å². The molecular formula is C21H17N3O3. The maximum atomic E-state index is 13.2. The minimum atomic E-state index is -0.294. The van der Waals surface area contributed by atoms with E-state index < -0.39 is 0 Å². The second-order valence-corrected chi connectivity index (χ2v) is 6.24. The summed E-state index contributed by atoms with van der Waals surface area (Å²) in [5, 5.41) is 3.18. The summed E-state index contributed by atoms with van der Waals surface area (Å²) in [5.41, 5.74) is 15.0. The van der Waals surface area contributed by atoms with Gasteiger partial charge >= 0.3 is 0 Å². The van der Waals surface area contributed by atoms with E-state index in [-0.39, 0.29) is 28.4 Å². The quantitative estimate of drug-likeness (QED) is 0.484. The highest BCUT2D eigenvalue weighted by Gasteiger charge is 2.34. The van der Waals surface area contributed by atoms with Crippen molar-refractivity contribution in [3.63, 3.8) is 0 Å². The number of benzene rings is 3. The Morgan fingerprint density at radius 1 is 0.852 bits per heavy atom. The number of methoxy groups -OCH3 is 1. The predicted octanol–water partition coefficient (Wildman–Crippen LogP) is 3.38. The molecular weight excluding hydrogens is 342 g/mol. The van der Waals surface area contributed by atoms with Gasteiger partial charge in [0.05, 0.1) is 29.6 Å². The molecule has 0 atom stereocenters. The number of nitrogens with two attached hydrogens (primary N) is 2. The third-order valence-electron chi connectivity index (χ3n) is 4.61. The molecule has 0 saturated carbocycles. The monoisotopic (exact) mass is 359 g/mol. The van der Waals surface area contributed by atoms with Crippen LogP contribution >= 0.6 is 0 Å². The number of anilines is 4. The first-order valence-corrected chi connectivity index (χ1v) is 8.32. The van der Waals surface area contributed by atoms with Crippen molar-refractivity contribution in [2.75, 3.05) is 23.9 Å². The Kier molecular flexibility index (Phi) is 3.81. The number of carbonyl (C=O) groups excluding carboxylic acids is 2. The van der Waals surface area contributed by atoms with Crippen LogP contribution in [0.2, 0.25) is 0 Å². The van der Waals surface area contributed by atoms with Crippen LogP contribution in [0.1, 0.15) is 31.8 Å². The normalized spacial score (nSPS) is 12.3. The van der Waals surface area contributed by atoms with Crippen LogP contribution in [-0.4, -0.2) is 18.7 Å². The topological polar surface area (TPSA) is 107 Å². The van der Waals surface area contributed by atoms with Crippen LogP contribution in [0.4, 0.5) is 22.7 Å². The molecule has 27 heavy (non-hydrogen) atoms. The molecule has 1 aliphatic rings. The largest absolute Gasteiger partial charge is 0.494 e. The molecule has 0 bridgehead atoms. The van der Waals surface area contributed by atoms with Gasteiger partial charge in [0.25, 0.3) is 0 Å². The van der Waals surface area contributed by atoms with E-state index in [2.05, 4.69) is 5.32 Å². The van der Waals surface area contributed by atoms with Crippen LogP contribution in [0.25, 0.3) is 0 Å². The van der Waals surface area contributed by atoms with Crippen LogP contribution in [0.5, 0.6) is 5.75 Å². The van der Waals surface area contributed by atoms with Gasteiger partial charge in [-0.1, -0.05) is 24.3 Å². The average molecular weight is 359 g/mol. The highest BCUT2D eigenvalue weighted by Crippen LogP contribution is 2.41. The molecule has 0 spiro atoms. The van der Waals surface area contributed by atoms with Crippen molar-refractivity contribution < 1.29 is 14.3 Å². The van der Waals surface area contributed by atoms with Crippen molar-refractivity contribution in [2.24, 2.45) is 0 Å². The first kappa shape index (κ1) is 16.7. The summed E-state index contributed by atoms with van der Waals surface area (Å²) in [5.74, 6) is -0.225. The lowest BCUT2D eigenvalue weighted by atomic mass is 9.82. The number of rotatable bonds is 3.